The van der Waals surface area contributed by atoms with Crippen molar-refractivity contribution >= 4 is 5.69 Å². The van der Waals surface area contributed by atoms with Gasteiger partial charge in [0.15, 0.2) is 0 Å². The quantitative estimate of drug-likeness (QED) is 0.652. The number of anilines is 1. The maximum absolute atomic E-state index is 5.46. The number of rotatable bonds is 1. The van der Waals surface area contributed by atoms with Gasteiger partial charge < -0.3 is 5.73 Å². The number of nitrogen functional groups attached to an aromatic ring is 1. The molecular formula is C8H11N3. The lowest BCUT2D eigenvalue weighted by atomic mass is 10.3. The van der Waals surface area contributed by atoms with Gasteiger partial charge in [0.2, 0.25) is 0 Å². The van der Waals surface area contributed by atoms with Crippen molar-refractivity contribution in [1.82, 2.24) is 9.97 Å². The Morgan fingerprint density at radius 2 is 2.00 bits per heavy atom. The van der Waals surface area contributed by atoms with Crippen LogP contribution in [0.4, 0.5) is 5.69 Å². The Hall–Kier alpha value is -1.12. The molecule has 2 N–H and O–H groups in total. The second-order valence-electron chi connectivity index (χ2n) is 3.19. The molecule has 1 saturated carbocycles. The SMILES string of the molecule is CC1CC1c1ncc(N)cn1. The fraction of sp³-hybridized carbons (Fsp3) is 0.500. The third-order valence-corrected chi connectivity index (χ3v) is 2.13. The van der Waals surface area contributed by atoms with E-state index < -0.39 is 0 Å². The van der Waals surface area contributed by atoms with Crippen LogP contribution in [0.15, 0.2) is 12.4 Å². The van der Waals surface area contributed by atoms with Gasteiger partial charge in [-0.2, -0.15) is 0 Å². The molecular weight excluding hydrogens is 138 g/mol. The molecule has 0 spiro atoms. The summed E-state index contributed by atoms with van der Waals surface area (Å²) >= 11 is 0. The molecule has 2 atom stereocenters. The summed E-state index contributed by atoms with van der Waals surface area (Å²) < 4.78 is 0. The Morgan fingerprint density at radius 1 is 1.45 bits per heavy atom. The zero-order chi connectivity index (χ0) is 7.84. The van der Waals surface area contributed by atoms with E-state index >= 15 is 0 Å². The normalized spacial score (nSPS) is 28.5. The first-order chi connectivity index (χ1) is 5.27. The lowest BCUT2D eigenvalue weighted by Gasteiger charge is -1.95. The molecule has 1 aromatic heterocycles. The van der Waals surface area contributed by atoms with Crippen LogP contribution in [0.1, 0.15) is 25.1 Å². The van der Waals surface area contributed by atoms with Crippen LogP contribution in [-0.2, 0) is 0 Å². The van der Waals surface area contributed by atoms with E-state index in [2.05, 4.69) is 16.9 Å². The number of hydrogen-bond donors (Lipinski definition) is 1. The van der Waals surface area contributed by atoms with Crippen LogP contribution in [0.5, 0.6) is 0 Å². The maximum Gasteiger partial charge on any atom is 0.131 e. The second-order valence-corrected chi connectivity index (χ2v) is 3.19. The molecule has 1 aliphatic carbocycles. The number of nitrogens with zero attached hydrogens (tertiary/aromatic N) is 2. The predicted octanol–water partition coefficient (Wildman–Crippen LogP) is 1.18. The van der Waals surface area contributed by atoms with Gasteiger partial charge in [0.05, 0.1) is 18.1 Å². The van der Waals surface area contributed by atoms with Crippen LogP contribution in [0.25, 0.3) is 0 Å². The molecule has 1 aliphatic rings. The summed E-state index contributed by atoms with van der Waals surface area (Å²) in [6.45, 7) is 2.21. The summed E-state index contributed by atoms with van der Waals surface area (Å²) in [5.41, 5.74) is 6.10. The molecule has 0 amide bonds. The molecule has 1 heterocycles. The van der Waals surface area contributed by atoms with E-state index in [9.17, 15) is 0 Å². The Labute approximate surface area is 65.7 Å². The molecule has 11 heavy (non-hydrogen) atoms. The van der Waals surface area contributed by atoms with Gasteiger partial charge in [-0.3, -0.25) is 0 Å². The molecule has 0 bridgehead atoms. The largest absolute Gasteiger partial charge is 0.396 e. The average molecular weight is 149 g/mol. The van der Waals surface area contributed by atoms with Crippen LogP contribution < -0.4 is 5.73 Å². The standard InChI is InChI=1S/C8H11N3/c1-5-2-7(5)8-10-3-6(9)4-11-8/h3-5,7H,2,9H2,1H3. The smallest absolute Gasteiger partial charge is 0.131 e. The van der Waals surface area contributed by atoms with Gasteiger partial charge in [-0.05, 0) is 12.3 Å². The van der Waals surface area contributed by atoms with Gasteiger partial charge in [-0.1, -0.05) is 6.92 Å². The summed E-state index contributed by atoms with van der Waals surface area (Å²) in [6.07, 6.45) is 4.57. The maximum atomic E-state index is 5.46. The highest BCUT2D eigenvalue weighted by Crippen LogP contribution is 2.45. The van der Waals surface area contributed by atoms with E-state index in [1.54, 1.807) is 12.4 Å². The van der Waals surface area contributed by atoms with Gasteiger partial charge in [0.25, 0.3) is 0 Å². The summed E-state index contributed by atoms with van der Waals surface area (Å²) in [5.74, 6) is 2.31. The average Bonchev–Trinajstić information content (AvgIpc) is 2.69. The van der Waals surface area contributed by atoms with Gasteiger partial charge >= 0.3 is 0 Å². The topological polar surface area (TPSA) is 51.8 Å². The highest BCUT2D eigenvalue weighted by atomic mass is 14.9. The zero-order valence-electron chi connectivity index (χ0n) is 6.49. The molecule has 0 radical (unpaired) electrons. The van der Waals surface area contributed by atoms with E-state index in [4.69, 9.17) is 5.73 Å². The van der Waals surface area contributed by atoms with Crippen molar-refractivity contribution in [3.63, 3.8) is 0 Å². The third kappa shape index (κ3) is 1.18. The van der Waals surface area contributed by atoms with E-state index in [1.165, 1.54) is 6.42 Å². The van der Waals surface area contributed by atoms with E-state index in [1.807, 2.05) is 0 Å². The molecule has 2 unspecified atom stereocenters. The van der Waals surface area contributed by atoms with E-state index in [0.717, 1.165) is 11.7 Å². The van der Waals surface area contributed by atoms with Crippen LogP contribution in [0, 0.1) is 5.92 Å². The molecule has 3 nitrogen and oxygen atoms in total. The van der Waals surface area contributed by atoms with Crippen LogP contribution in [-0.4, -0.2) is 9.97 Å². The highest BCUT2D eigenvalue weighted by molar-refractivity contribution is 5.31. The van der Waals surface area contributed by atoms with Crippen LogP contribution in [0.2, 0.25) is 0 Å². The minimum absolute atomic E-state index is 0.593. The second kappa shape index (κ2) is 2.19. The molecule has 0 aromatic carbocycles. The van der Waals surface area contributed by atoms with E-state index in [-0.39, 0.29) is 0 Å². The number of hydrogen-bond acceptors (Lipinski definition) is 3. The summed E-state index contributed by atoms with van der Waals surface area (Å²) in [4.78, 5) is 8.31. The highest BCUT2D eigenvalue weighted by Gasteiger charge is 2.36. The van der Waals surface area contributed by atoms with E-state index in [0.29, 0.717) is 11.6 Å². The molecule has 2 rings (SSSR count). The van der Waals surface area contributed by atoms with Gasteiger partial charge in [0.1, 0.15) is 5.82 Å². The van der Waals surface area contributed by atoms with Crippen molar-refractivity contribution in [3.05, 3.63) is 18.2 Å². The summed E-state index contributed by atoms with van der Waals surface area (Å²) in [5, 5.41) is 0. The molecule has 1 fully saturated rings. The molecule has 3 heteroatoms. The van der Waals surface area contributed by atoms with Crippen molar-refractivity contribution in [2.24, 2.45) is 5.92 Å². The van der Waals surface area contributed by atoms with Crippen molar-refractivity contribution in [3.8, 4) is 0 Å². The molecule has 1 aromatic rings. The Morgan fingerprint density at radius 3 is 2.45 bits per heavy atom. The van der Waals surface area contributed by atoms with Crippen LogP contribution in [0.3, 0.4) is 0 Å². The minimum atomic E-state index is 0.593. The van der Waals surface area contributed by atoms with Crippen molar-refractivity contribution in [1.29, 1.82) is 0 Å². The first kappa shape index (κ1) is 6.58. The molecule has 0 saturated heterocycles. The minimum Gasteiger partial charge on any atom is -0.396 e. The lowest BCUT2D eigenvalue weighted by molar-refractivity contribution is 0.843. The zero-order valence-corrected chi connectivity index (χ0v) is 6.49. The fourth-order valence-electron chi connectivity index (χ4n) is 1.22. The van der Waals surface area contributed by atoms with Gasteiger partial charge in [0, 0.05) is 5.92 Å². The van der Waals surface area contributed by atoms with Crippen molar-refractivity contribution in [2.75, 3.05) is 5.73 Å². The predicted molar refractivity (Wildman–Crippen MR) is 43.0 cm³/mol. The van der Waals surface area contributed by atoms with Crippen molar-refractivity contribution < 1.29 is 0 Å². The number of nitrogens with two attached hydrogens (primary N) is 1. The Kier molecular flexibility index (Phi) is 1.31. The van der Waals surface area contributed by atoms with Gasteiger partial charge in [-0.15, -0.1) is 0 Å². The lowest BCUT2D eigenvalue weighted by Crippen LogP contribution is -1.94. The van der Waals surface area contributed by atoms with Crippen LogP contribution >= 0.6 is 0 Å². The first-order valence-electron chi connectivity index (χ1n) is 3.85. The molecule has 0 aliphatic heterocycles. The van der Waals surface area contributed by atoms with Gasteiger partial charge in [-0.25, -0.2) is 9.97 Å². The fourth-order valence-corrected chi connectivity index (χ4v) is 1.22. The summed E-state index contributed by atoms with van der Waals surface area (Å²) in [6, 6.07) is 0. The summed E-state index contributed by atoms with van der Waals surface area (Å²) in [7, 11) is 0. The Bertz CT molecular complexity index is 255. The third-order valence-electron chi connectivity index (χ3n) is 2.13. The monoisotopic (exact) mass is 149 g/mol. The van der Waals surface area contributed by atoms with Crippen molar-refractivity contribution in [2.45, 2.75) is 19.3 Å². The molecule has 58 valence electrons. The first-order valence-corrected chi connectivity index (χ1v) is 3.85. The number of aromatic nitrogens is 2. The Balaban J connectivity index is 2.21.